The highest BCUT2D eigenvalue weighted by atomic mass is 16.6. The number of Topliss-reactive ketones (excluding diaryl/α,β-unsaturated/α-hetero) is 1. The zero-order valence-electron chi connectivity index (χ0n) is 17.7. The monoisotopic (exact) mass is 394 g/mol. The number of rotatable bonds is 9. The third-order valence-electron chi connectivity index (χ3n) is 5.20. The Bertz CT molecular complexity index is 629. The van der Waals surface area contributed by atoms with Gasteiger partial charge < -0.3 is 14.6 Å². The van der Waals surface area contributed by atoms with Crippen molar-refractivity contribution in [1.29, 1.82) is 0 Å². The first-order valence-electron chi connectivity index (χ1n) is 9.93. The van der Waals surface area contributed by atoms with Gasteiger partial charge in [0.15, 0.2) is 0 Å². The van der Waals surface area contributed by atoms with Crippen molar-refractivity contribution in [2.45, 2.75) is 84.8 Å². The van der Waals surface area contributed by atoms with Gasteiger partial charge in [0.25, 0.3) is 0 Å². The molecule has 0 aliphatic carbocycles. The summed E-state index contributed by atoms with van der Waals surface area (Å²) in [5, 5.41) is 8.98. The lowest BCUT2D eigenvalue weighted by Gasteiger charge is -2.35. The van der Waals surface area contributed by atoms with Crippen molar-refractivity contribution in [3.8, 4) is 0 Å². The lowest BCUT2D eigenvalue weighted by molar-refractivity contribution is -0.167. The molecular weight excluding hydrogens is 360 g/mol. The molecule has 0 saturated carbocycles. The fourth-order valence-electron chi connectivity index (χ4n) is 3.38. The average molecular weight is 395 g/mol. The van der Waals surface area contributed by atoms with Crippen LogP contribution >= 0.6 is 0 Å². The maximum atomic E-state index is 12.2. The predicted octanol–water partition coefficient (Wildman–Crippen LogP) is 4.23. The summed E-state index contributed by atoms with van der Waals surface area (Å²) in [6.45, 7) is 9.36. The molecule has 1 unspecified atom stereocenters. The molecule has 3 atom stereocenters. The first-order valence-corrected chi connectivity index (χ1v) is 9.93. The molecule has 1 N–H and O–H groups in total. The topological polar surface area (TPSA) is 89.9 Å². The molecule has 0 spiro atoms. The van der Waals surface area contributed by atoms with Crippen molar-refractivity contribution in [2.24, 2.45) is 5.92 Å². The molecule has 0 aromatic carbocycles. The smallest absolute Gasteiger partial charge is 0.328 e. The molecule has 0 radical (unpaired) electrons. The third-order valence-corrected chi connectivity index (χ3v) is 5.20. The van der Waals surface area contributed by atoms with Crippen molar-refractivity contribution in [1.82, 2.24) is 0 Å². The van der Waals surface area contributed by atoms with E-state index in [9.17, 15) is 14.4 Å². The third kappa shape index (κ3) is 8.38. The van der Waals surface area contributed by atoms with E-state index in [1.54, 1.807) is 0 Å². The molecule has 1 heterocycles. The Morgan fingerprint density at radius 1 is 1.32 bits per heavy atom. The molecule has 1 rings (SSSR count). The molecule has 6 nitrogen and oxygen atoms in total. The van der Waals surface area contributed by atoms with Crippen molar-refractivity contribution in [3.63, 3.8) is 0 Å². The second-order valence-corrected chi connectivity index (χ2v) is 8.12. The normalized spacial score (nSPS) is 24.9. The lowest BCUT2D eigenvalue weighted by atomic mass is 9.87. The Morgan fingerprint density at radius 2 is 2.00 bits per heavy atom. The zero-order chi connectivity index (χ0) is 21.3. The van der Waals surface area contributed by atoms with E-state index >= 15 is 0 Å². The van der Waals surface area contributed by atoms with Gasteiger partial charge in [-0.2, -0.15) is 0 Å². The molecular formula is C22H34O6. The van der Waals surface area contributed by atoms with Gasteiger partial charge in [-0.05, 0) is 58.4 Å². The number of carbonyl (C=O) groups is 3. The highest BCUT2D eigenvalue weighted by Crippen LogP contribution is 2.34. The number of carboxylic acids is 1. The Balaban J connectivity index is 2.74. The quantitative estimate of drug-likeness (QED) is 0.358. The molecule has 0 aromatic heterocycles. The van der Waals surface area contributed by atoms with Crippen LogP contribution in [0, 0.1) is 5.92 Å². The first-order chi connectivity index (χ1) is 13.0. The van der Waals surface area contributed by atoms with Crippen LogP contribution in [0.2, 0.25) is 0 Å². The van der Waals surface area contributed by atoms with Gasteiger partial charge in [0, 0.05) is 25.3 Å². The van der Waals surface area contributed by atoms with Gasteiger partial charge >= 0.3 is 11.9 Å². The van der Waals surface area contributed by atoms with Gasteiger partial charge in [-0.25, -0.2) is 4.79 Å². The summed E-state index contributed by atoms with van der Waals surface area (Å²) in [5.74, 6) is -1.21. The maximum absolute atomic E-state index is 12.2. The molecule has 158 valence electrons. The number of carboxylic acid groups (broad SMARTS) is 1. The molecule has 6 heteroatoms. The minimum Gasteiger partial charge on any atom is -0.478 e. The largest absolute Gasteiger partial charge is 0.478 e. The van der Waals surface area contributed by atoms with Crippen molar-refractivity contribution in [3.05, 3.63) is 23.3 Å². The van der Waals surface area contributed by atoms with Gasteiger partial charge in [0.2, 0.25) is 0 Å². The minimum absolute atomic E-state index is 0.0420. The summed E-state index contributed by atoms with van der Waals surface area (Å²) < 4.78 is 11.5. The molecule has 0 amide bonds. The van der Waals surface area contributed by atoms with E-state index < -0.39 is 17.7 Å². The Hall–Kier alpha value is -1.95. The van der Waals surface area contributed by atoms with E-state index in [-0.39, 0.29) is 24.3 Å². The number of aliphatic carboxylic acids is 1. The number of ketones is 1. The van der Waals surface area contributed by atoms with Crippen LogP contribution in [-0.4, -0.2) is 41.1 Å². The van der Waals surface area contributed by atoms with E-state index in [1.807, 2.05) is 33.8 Å². The summed E-state index contributed by atoms with van der Waals surface area (Å²) in [7, 11) is 0. The van der Waals surface area contributed by atoms with Crippen LogP contribution in [0.25, 0.3) is 0 Å². The van der Waals surface area contributed by atoms with Gasteiger partial charge in [-0.3, -0.25) is 9.59 Å². The second-order valence-electron chi connectivity index (χ2n) is 8.12. The van der Waals surface area contributed by atoms with Gasteiger partial charge in [0.05, 0.1) is 6.61 Å². The van der Waals surface area contributed by atoms with Crippen LogP contribution < -0.4 is 0 Å². The Labute approximate surface area is 168 Å². The number of hydrogen-bond acceptors (Lipinski definition) is 5. The van der Waals surface area contributed by atoms with E-state index in [1.165, 1.54) is 13.0 Å². The van der Waals surface area contributed by atoms with Crippen molar-refractivity contribution < 1.29 is 29.0 Å². The number of carbonyl (C=O) groups excluding carboxylic acids is 2. The lowest BCUT2D eigenvalue weighted by Crippen LogP contribution is -2.43. The van der Waals surface area contributed by atoms with E-state index in [4.69, 9.17) is 14.6 Å². The summed E-state index contributed by atoms with van der Waals surface area (Å²) in [6.07, 6.45) is 6.28. The van der Waals surface area contributed by atoms with E-state index in [0.717, 1.165) is 18.4 Å². The summed E-state index contributed by atoms with van der Waals surface area (Å²) in [6, 6.07) is 0. The molecule has 0 bridgehead atoms. The van der Waals surface area contributed by atoms with Crippen LogP contribution in [-0.2, 0) is 23.9 Å². The van der Waals surface area contributed by atoms with Crippen LogP contribution in [0.3, 0.4) is 0 Å². The molecule has 1 aliphatic rings. The molecule has 1 fully saturated rings. The predicted molar refractivity (Wildman–Crippen MR) is 107 cm³/mol. The number of allylic oxidation sites excluding steroid dienone is 2. The van der Waals surface area contributed by atoms with Crippen LogP contribution in [0.15, 0.2) is 23.3 Å². The van der Waals surface area contributed by atoms with Gasteiger partial charge in [-0.1, -0.05) is 18.6 Å². The van der Waals surface area contributed by atoms with E-state index in [0.29, 0.717) is 31.3 Å². The highest BCUT2D eigenvalue weighted by Gasteiger charge is 2.39. The average Bonchev–Trinajstić information content (AvgIpc) is 2.72. The van der Waals surface area contributed by atoms with Gasteiger partial charge in [0.1, 0.15) is 17.5 Å². The van der Waals surface area contributed by atoms with Crippen molar-refractivity contribution >= 4 is 17.7 Å². The SMILES string of the molecule is CC(=O)O[C@@H]1CCC(=CC(=O)O)CO[C@@]1(C)CCCC(C)C(=O)CC=C(C)C. The van der Waals surface area contributed by atoms with Crippen LogP contribution in [0.1, 0.15) is 73.1 Å². The summed E-state index contributed by atoms with van der Waals surface area (Å²) >= 11 is 0. The van der Waals surface area contributed by atoms with Crippen LogP contribution in [0.4, 0.5) is 0 Å². The number of esters is 1. The summed E-state index contributed by atoms with van der Waals surface area (Å²) in [5.41, 5.74) is 1.11. The highest BCUT2D eigenvalue weighted by molar-refractivity contribution is 5.82. The first kappa shape index (κ1) is 24.1. The standard InChI is InChI=1S/C22H34O6/c1-15(2)8-10-19(24)16(3)7-6-12-22(5)20(28-17(4)23)11-9-18(14-27-22)13-21(25)26/h8,13,16,20H,6-7,9-12,14H2,1-5H3,(H,25,26)/t16?,20-,22+/m1/s1. The fourth-order valence-corrected chi connectivity index (χ4v) is 3.38. The number of hydrogen-bond donors (Lipinski definition) is 1. The van der Waals surface area contributed by atoms with E-state index in [2.05, 4.69) is 0 Å². The zero-order valence-corrected chi connectivity index (χ0v) is 17.7. The fraction of sp³-hybridized carbons (Fsp3) is 0.682. The Kier molecular flexibility index (Phi) is 9.59. The molecule has 1 aliphatic heterocycles. The molecule has 28 heavy (non-hydrogen) atoms. The van der Waals surface area contributed by atoms with Crippen molar-refractivity contribution in [2.75, 3.05) is 6.61 Å². The second kappa shape index (κ2) is 11.1. The maximum Gasteiger partial charge on any atom is 0.328 e. The van der Waals surface area contributed by atoms with Crippen LogP contribution in [0.5, 0.6) is 0 Å². The molecule has 0 aromatic rings. The molecule has 1 saturated heterocycles. The number of ether oxygens (including phenoxy) is 2. The summed E-state index contributed by atoms with van der Waals surface area (Å²) in [4.78, 5) is 34.7. The van der Waals surface area contributed by atoms with Gasteiger partial charge in [-0.15, -0.1) is 0 Å². The Morgan fingerprint density at radius 3 is 2.57 bits per heavy atom. The minimum atomic E-state index is -1.00.